The highest BCUT2D eigenvalue weighted by Gasteiger charge is 2.38. The number of methoxy groups -OCH3 is 2. The Kier molecular flexibility index (Phi) is 8.05. The van der Waals surface area contributed by atoms with Crippen molar-refractivity contribution < 1.29 is 32.7 Å². The van der Waals surface area contributed by atoms with Gasteiger partial charge >= 0.3 is 6.18 Å². The summed E-state index contributed by atoms with van der Waals surface area (Å²) in [5.41, 5.74) is -3.22. The molecule has 0 aliphatic carbocycles. The number of nitrogens with zero attached hydrogens (tertiary/aromatic N) is 4. The fraction of sp³-hybridized carbons (Fsp3) is 0.240. The molecule has 0 radical (unpaired) electrons. The zero-order valence-corrected chi connectivity index (χ0v) is 20.4. The summed E-state index contributed by atoms with van der Waals surface area (Å²) in [6, 6.07) is 9.06. The van der Waals surface area contributed by atoms with Crippen molar-refractivity contribution in [1.82, 2.24) is 4.57 Å². The summed E-state index contributed by atoms with van der Waals surface area (Å²) in [6.45, 7) is 1.34. The smallest absolute Gasteiger partial charge is 0.423 e. The van der Waals surface area contributed by atoms with E-state index in [-0.39, 0.29) is 35.3 Å². The second kappa shape index (κ2) is 11.0. The van der Waals surface area contributed by atoms with Crippen molar-refractivity contribution in [3.8, 4) is 23.4 Å². The Balaban J connectivity index is 2.03. The van der Waals surface area contributed by atoms with E-state index in [1.807, 2.05) is 0 Å². The van der Waals surface area contributed by atoms with E-state index in [1.165, 1.54) is 21.1 Å². The van der Waals surface area contributed by atoms with Crippen LogP contribution >= 0.6 is 0 Å². The van der Waals surface area contributed by atoms with Crippen LogP contribution in [0.1, 0.15) is 27.8 Å². The first-order valence-electron chi connectivity index (χ1n) is 10.9. The summed E-state index contributed by atoms with van der Waals surface area (Å²) >= 11 is 0. The van der Waals surface area contributed by atoms with Crippen molar-refractivity contribution >= 4 is 17.6 Å². The van der Waals surface area contributed by atoms with Gasteiger partial charge in [-0.15, -0.1) is 0 Å². The second-order valence-corrected chi connectivity index (χ2v) is 7.96. The first-order valence-corrected chi connectivity index (χ1v) is 10.9. The topological polar surface area (TPSA) is 140 Å². The molecule has 0 aliphatic rings. The number of pyridine rings is 1. The maximum absolute atomic E-state index is 13.3. The third kappa shape index (κ3) is 5.59. The molecule has 0 bridgehead atoms. The quantitative estimate of drug-likeness (QED) is 0.254. The lowest BCUT2D eigenvalue weighted by atomic mass is 10.1. The molecule has 0 saturated carbocycles. The van der Waals surface area contributed by atoms with E-state index >= 15 is 0 Å². The van der Waals surface area contributed by atoms with Crippen LogP contribution in [0.15, 0.2) is 46.2 Å². The summed E-state index contributed by atoms with van der Waals surface area (Å²) in [6.07, 6.45) is -3.76. The van der Waals surface area contributed by atoms with Crippen molar-refractivity contribution in [2.75, 3.05) is 14.2 Å². The first kappa shape index (κ1) is 27.7. The Morgan fingerprint density at radius 3 is 2.45 bits per heavy atom. The summed E-state index contributed by atoms with van der Waals surface area (Å²) in [4.78, 5) is 26.6. The number of ether oxygens (including phenoxy) is 2. The van der Waals surface area contributed by atoms with Crippen molar-refractivity contribution in [2.24, 2.45) is 4.99 Å². The Morgan fingerprint density at radius 1 is 1.18 bits per heavy atom. The van der Waals surface area contributed by atoms with Gasteiger partial charge < -0.3 is 14.6 Å². The van der Waals surface area contributed by atoms with Gasteiger partial charge in [-0.25, -0.2) is 0 Å². The molecule has 1 heterocycles. The van der Waals surface area contributed by atoms with Crippen molar-refractivity contribution in [2.45, 2.75) is 26.1 Å². The second-order valence-electron chi connectivity index (χ2n) is 7.96. The highest BCUT2D eigenvalue weighted by atomic mass is 19.4. The molecule has 198 valence electrons. The molecule has 0 unspecified atom stereocenters. The van der Waals surface area contributed by atoms with Crippen LogP contribution in [0.25, 0.3) is 0 Å². The predicted octanol–water partition coefficient (Wildman–Crippen LogP) is 4.67. The van der Waals surface area contributed by atoms with E-state index in [1.54, 1.807) is 24.3 Å². The number of benzene rings is 2. The molecule has 3 aromatic rings. The van der Waals surface area contributed by atoms with Crippen molar-refractivity contribution in [3.05, 3.63) is 84.7 Å². The van der Waals surface area contributed by atoms with Crippen LogP contribution in [0.3, 0.4) is 0 Å². The van der Waals surface area contributed by atoms with Gasteiger partial charge in [0, 0.05) is 18.8 Å². The number of nitro benzene ring substituents is 1. The maximum atomic E-state index is 13.3. The fourth-order valence-corrected chi connectivity index (χ4v) is 3.74. The van der Waals surface area contributed by atoms with E-state index in [0.29, 0.717) is 23.6 Å². The number of alkyl halides is 3. The van der Waals surface area contributed by atoms with Gasteiger partial charge in [-0.3, -0.25) is 24.5 Å². The number of nitro groups is 1. The van der Waals surface area contributed by atoms with Crippen LogP contribution in [-0.2, 0) is 19.1 Å². The minimum Gasteiger partial charge on any atom is -0.494 e. The standard InChI is InChI=1S/C25H21F3N4O6/c1-14-17(12-29)23(33)31(9-8-15-4-7-21(37-2)22(10-15)38-3)24(34)18(14)13-30-16-5-6-20(32(35)36)19(11-16)25(26,27)28/h4-7,10-11,13,34H,8-9H2,1-3H3. The van der Waals surface area contributed by atoms with Gasteiger partial charge in [0.25, 0.3) is 11.2 Å². The molecule has 13 heteroatoms. The third-order valence-corrected chi connectivity index (χ3v) is 5.74. The molecule has 0 amide bonds. The van der Waals surface area contributed by atoms with Gasteiger partial charge in [-0.2, -0.15) is 18.4 Å². The largest absolute Gasteiger partial charge is 0.494 e. The van der Waals surface area contributed by atoms with Crippen LogP contribution in [-0.4, -0.2) is 35.0 Å². The average Bonchev–Trinajstić information content (AvgIpc) is 2.87. The SMILES string of the molecule is COc1ccc(CCn2c(O)c(C=Nc3ccc([N+](=O)[O-])c(C(F)(F)F)c3)c(C)c(C#N)c2=O)cc1OC. The van der Waals surface area contributed by atoms with Gasteiger partial charge in [0.2, 0.25) is 5.88 Å². The van der Waals surface area contributed by atoms with Crippen molar-refractivity contribution in [3.63, 3.8) is 0 Å². The number of hydrogen-bond donors (Lipinski definition) is 1. The van der Waals surface area contributed by atoms with E-state index in [2.05, 4.69) is 4.99 Å². The highest BCUT2D eigenvalue weighted by molar-refractivity contribution is 5.87. The summed E-state index contributed by atoms with van der Waals surface area (Å²) in [5.74, 6) is 0.405. The monoisotopic (exact) mass is 530 g/mol. The summed E-state index contributed by atoms with van der Waals surface area (Å²) < 4.78 is 51.3. The average molecular weight is 530 g/mol. The maximum Gasteiger partial charge on any atom is 0.423 e. The number of nitriles is 1. The molecule has 1 aromatic heterocycles. The molecule has 0 aliphatic heterocycles. The number of hydrogen-bond acceptors (Lipinski definition) is 8. The minimum atomic E-state index is -5.00. The van der Waals surface area contributed by atoms with Crippen molar-refractivity contribution in [1.29, 1.82) is 5.26 Å². The molecule has 3 rings (SSSR count). The molecular formula is C25H21F3N4O6. The third-order valence-electron chi connectivity index (χ3n) is 5.74. The summed E-state index contributed by atoms with van der Waals surface area (Å²) in [7, 11) is 2.94. The lowest BCUT2D eigenvalue weighted by molar-refractivity contribution is -0.388. The Labute approximate surface area is 214 Å². The molecule has 0 fully saturated rings. The van der Waals surface area contributed by atoms with Gasteiger partial charge in [0.15, 0.2) is 11.5 Å². The molecule has 1 N–H and O–H groups in total. The lowest BCUT2D eigenvalue weighted by Gasteiger charge is -2.15. The number of halogens is 3. The Morgan fingerprint density at radius 2 is 1.87 bits per heavy atom. The highest BCUT2D eigenvalue weighted by Crippen LogP contribution is 2.38. The molecule has 0 atom stereocenters. The number of rotatable bonds is 8. The van der Waals surface area contributed by atoms with Gasteiger partial charge in [-0.1, -0.05) is 6.07 Å². The van der Waals surface area contributed by atoms with Crippen LogP contribution < -0.4 is 15.0 Å². The zero-order valence-electron chi connectivity index (χ0n) is 20.4. The molecule has 2 aromatic carbocycles. The van der Waals surface area contributed by atoms with Gasteiger partial charge in [0.05, 0.1) is 30.4 Å². The Bertz CT molecular complexity index is 1520. The number of aromatic hydroxyl groups is 1. The van der Waals surface area contributed by atoms with Gasteiger partial charge in [0.1, 0.15) is 17.2 Å². The van der Waals surface area contributed by atoms with Crippen LogP contribution in [0.2, 0.25) is 0 Å². The van der Waals surface area contributed by atoms with E-state index < -0.39 is 33.8 Å². The molecular weight excluding hydrogens is 509 g/mol. The normalized spacial score (nSPS) is 11.4. The van der Waals surface area contributed by atoms with E-state index in [0.717, 1.165) is 22.4 Å². The predicted molar refractivity (Wildman–Crippen MR) is 130 cm³/mol. The molecule has 10 nitrogen and oxygen atoms in total. The first-order chi connectivity index (χ1) is 17.9. The zero-order chi connectivity index (χ0) is 28.2. The minimum absolute atomic E-state index is 0.0499. The Hall–Kier alpha value is -4.86. The van der Waals surface area contributed by atoms with Gasteiger partial charge in [-0.05, 0) is 48.7 Å². The number of aryl methyl sites for hydroxylation is 1. The fourth-order valence-electron chi connectivity index (χ4n) is 3.74. The lowest BCUT2D eigenvalue weighted by Crippen LogP contribution is -2.26. The van der Waals surface area contributed by atoms with Crippen LogP contribution in [0, 0.1) is 28.4 Å². The van der Waals surface area contributed by atoms with E-state index in [9.17, 15) is 38.4 Å². The van der Waals surface area contributed by atoms with E-state index in [4.69, 9.17) is 9.47 Å². The molecule has 38 heavy (non-hydrogen) atoms. The molecule has 0 spiro atoms. The molecule has 0 saturated heterocycles. The number of aromatic nitrogens is 1. The summed E-state index contributed by atoms with van der Waals surface area (Å²) in [5, 5.41) is 31.4. The number of aliphatic imine (C=N–C) groups is 1. The van der Waals surface area contributed by atoms with Crippen LogP contribution in [0.4, 0.5) is 24.5 Å². The van der Waals surface area contributed by atoms with Crippen LogP contribution in [0.5, 0.6) is 17.4 Å².